The highest BCUT2D eigenvalue weighted by atomic mass is 35.5. The van der Waals surface area contributed by atoms with E-state index in [-0.39, 0.29) is 5.91 Å². The number of aromatic nitrogens is 3. The molecule has 0 unspecified atom stereocenters. The third-order valence-corrected chi connectivity index (χ3v) is 4.38. The molecule has 2 aromatic heterocycles. The Balaban J connectivity index is 1.59. The van der Waals surface area contributed by atoms with Crippen molar-refractivity contribution in [1.29, 1.82) is 0 Å². The number of aryl methyl sites for hydroxylation is 1. The van der Waals surface area contributed by atoms with Crippen LogP contribution in [0.1, 0.15) is 21.7 Å². The van der Waals surface area contributed by atoms with Gasteiger partial charge in [0, 0.05) is 22.0 Å². The van der Waals surface area contributed by atoms with Gasteiger partial charge in [-0.1, -0.05) is 48.0 Å². The predicted molar refractivity (Wildman–Crippen MR) is 104 cm³/mol. The van der Waals surface area contributed by atoms with Gasteiger partial charge < -0.3 is 10.3 Å². The summed E-state index contributed by atoms with van der Waals surface area (Å²) in [7, 11) is 0. The average molecular weight is 365 g/mol. The van der Waals surface area contributed by atoms with Gasteiger partial charge >= 0.3 is 0 Å². The van der Waals surface area contributed by atoms with Crippen molar-refractivity contribution in [2.24, 2.45) is 0 Å². The molecule has 0 bridgehead atoms. The Morgan fingerprint density at radius 1 is 1.15 bits per heavy atom. The molecule has 0 spiro atoms. The molecule has 5 nitrogen and oxygen atoms in total. The molecule has 4 rings (SSSR count). The molecular weight excluding hydrogens is 348 g/mol. The third kappa shape index (κ3) is 3.34. The molecule has 0 fully saturated rings. The molecule has 0 aliphatic carbocycles. The van der Waals surface area contributed by atoms with Crippen LogP contribution in [0.3, 0.4) is 0 Å². The molecule has 26 heavy (non-hydrogen) atoms. The van der Waals surface area contributed by atoms with Crippen LogP contribution in [0.2, 0.25) is 5.02 Å². The molecule has 2 heterocycles. The molecule has 130 valence electrons. The van der Waals surface area contributed by atoms with Gasteiger partial charge in [0.05, 0.1) is 12.2 Å². The maximum Gasteiger partial charge on any atom is 0.273 e. The first kappa shape index (κ1) is 16.4. The molecule has 6 heteroatoms. The van der Waals surface area contributed by atoms with E-state index in [0.29, 0.717) is 23.1 Å². The normalized spacial score (nSPS) is 11.0. The minimum Gasteiger partial charge on any atom is -0.350 e. The number of aromatic amines is 1. The lowest BCUT2D eigenvalue weighted by Gasteiger charge is -2.08. The van der Waals surface area contributed by atoms with E-state index in [1.807, 2.05) is 55.5 Å². The van der Waals surface area contributed by atoms with Crippen LogP contribution in [0, 0.1) is 6.92 Å². The number of carbonyl (C=O) groups is 1. The van der Waals surface area contributed by atoms with Crippen molar-refractivity contribution in [3.63, 3.8) is 0 Å². The van der Waals surface area contributed by atoms with Crippen molar-refractivity contribution in [2.45, 2.75) is 13.5 Å². The number of nitrogens with zero attached hydrogens (tertiary/aromatic N) is 2. The van der Waals surface area contributed by atoms with Crippen LogP contribution >= 0.6 is 11.6 Å². The Kier molecular flexibility index (Phi) is 4.22. The summed E-state index contributed by atoms with van der Waals surface area (Å²) in [5, 5.41) is 8.99. The summed E-state index contributed by atoms with van der Waals surface area (Å²) in [5.74, 6) is 0.444. The second kappa shape index (κ2) is 6.69. The number of nitrogens with one attached hydrogen (secondary N) is 2. The number of benzene rings is 2. The van der Waals surface area contributed by atoms with Crippen molar-refractivity contribution in [3.8, 4) is 0 Å². The van der Waals surface area contributed by atoms with Gasteiger partial charge in [0.1, 0.15) is 11.5 Å². The Morgan fingerprint density at radius 3 is 2.77 bits per heavy atom. The molecule has 0 atom stereocenters. The van der Waals surface area contributed by atoms with E-state index >= 15 is 0 Å². The molecule has 0 radical (unpaired) electrons. The van der Waals surface area contributed by atoms with Gasteiger partial charge in [0.25, 0.3) is 5.91 Å². The number of hydrogen-bond acceptors (Lipinski definition) is 2. The Morgan fingerprint density at radius 2 is 1.96 bits per heavy atom. The minimum atomic E-state index is -0.216. The molecule has 4 aromatic rings. The topological polar surface area (TPSA) is 62.7 Å². The van der Waals surface area contributed by atoms with Crippen molar-refractivity contribution in [1.82, 2.24) is 14.8 Å². The van der Waals surface area contributed by atoms with E-state index in [1.54, 1.807) is 16.8 Å². The number of rotatable bonds is 4. The number of hydrogen-bond donors (Lipinski definition) is 2. The van der Waals surface area contributed by atoms with Gasteiger partial charge in [-0.15, -0.1) is 0 Å². The Labute approximate surface area is 155 Å². The fraction of sp³-hybridized carbons (Fsp3) is 0.100. The van der Waals surface area contributed by atoms with Crippen LogP contribution in [0.15, 0.2) is 60.7 Å². The Hall–Kier alpha value is -3.05. The van der Waals surface area contributed by atoms with Crippen LogP contribution in [0.5, 0.6) is 0 Å². The average Bonchev–Trinajstić information content (AvgIpc) is 3.19. The van der Waals surface area contributed by atoms with Crippen molar-refractivity contribution >= 4 is 34.2 Å². The maximum absolute atomic E-state index is 12.7. The highest BCUT2D eigenvalue weighted by Gasteiger charge is 2.14. The van der Waals surface area contributed by atoms with Gasteiger partial charge in [-0.3, -0.25) is 4.79 Å². The minimum absolute atomic E-state index is 0.216. The molecular formula is C20H17ClN4O. The van der Waals surface area contributed by atoms with E-state index in [2.05, 4.69) is 15.4 Å². The fourth-order valence-electron chi connectivity index (χ4n) is 2.93. The molecule has 2 N–H and O–H groups in total. The molecule has 0 aliphatic heterocycles. The summed E-state index contributed by atoms with van der Waals surface area (Å²) in [4.78, 5) is 15.8. The zero-order chi connectivity index (χ0) is 18.1. The number of halogens is 1. The number of fused-ring (bicyclic) bond motifs is 1. The summed E-state index contributed by atoms with van der Waals surface area (Å²) < 4.78 is 1.79. The lowest BCUT2D eigenvalue weighted by molar-refractivity contribution is 0.102. The quantitative estimate of drug-likeness (QED) is 0.554. The van der Waals surface area contributed by atoms with Crippen LogP contribution in [-0.4, -0.2) is 20.7 Å². The zero-order valence-corrected chi connectivity index (χ0v) is 14.9. The molecule has 0 saturated heterocycles. The first-order valence-electron chi connectivity index (χ1n) is 8.26. The van der Waals surface area contributed by atoms with Crippen molar-refractivity contribution in [3.05, 3.63) is 82.6 Å². The first-order chi connectivity index (χ1) is 12.6. The standard InChI is InChI=1S/C20H17ClN4O/c1-13-9-19(25(24-13)12-14-5-3-2-4-6-14)23-20(26)18-10-15-7-8-16(21)11-17(15)22-18/h2-11,22H,12H2,1H3,(H,23,26). The van der Waals surface area contributed by atoms with E-state index in [1.165, 1.54) is 0 Å². The lowest BCUT2D eigenvalue weighted by Crippen LogP contribution is -2.16. The summed E-state index contributed by atoms with van der Waals surface area (Å²) in [5.41, 5.74) is 3.27. The summed E-state index contributed by atoms with van der Waals surface area (Å²) in [6.07, 6.45) is 0. The summed E-state index contributed by atoms with van der Waals surface area (Å²) in [6.45, 7) is 2.49. The second-order valence-electron chi connectivity index (χ2n) is 6.18. The largest absolute Gasteiger partial charge is 0.350 e. The highest BCUT2D eigenvalue weighted by Crippen LogP contribution is 2.21. The fourth-order valence-corrected chi connectivity index (χ4v) is 3.10. The lowest BCUT2D eigenvalue weighted by atomic mass is 10.2. The number of H-pyrrole nitrogens is 1. The zero-order valence-electron chi connectivity index (χ0n) is 14.2. The van der Waals surface area contributed by atoms with Gasteiger partial charge in [-0.25, -0.2) is 4.68 Å². The van der Waals surface area contributed by atoms with Gasteiger partial charge in [-0.2, -0.15) is 5.10 Å². The molecule has 0 saturated carbocycles. The van der Waals surface area contributed by atoms with Gasteiger partial charge in [-0.05, 0) is 30.7 Å². The predicted octanol–water partition coefficient (Wildman–Crippen LogP) is 4.63. The van der Waals surface area contributed by atoms with Crippen LogP contribution in [0.4, 0.5) is 5.82 Å². The SMILES string of the molecule is Cc1cc(NC(=O)c2cc3ccc(Cl)cc3[nH]2)n(Cc2ccccc2)n1. The monoisotopic (exact) mass is 364 g/mol. The second-order valence-corrected chi connectivity index (χ2v) is 6.62. The molecule has 1 amide bonds. The van der Waals surface area contributed by atoms with E-state index in [4.69, 9.17) is 11.6 Å². The van der Waals surface area contributed by atoms with Crippen LogP contribution in [0.25, 0.3) is 10.9 Å². The van der Waals surface area contributed by atoms with E-state index < -0.39 is 0 Å². The maximum atomic E-state index is 12.7. The first-order valence-corrected chi connectivity index (χ1v) is 8.64. The van der Waals surface area contributed by atoms with E-state index in [9.17, 15) is 4.79 Å². The third-order valence-electron chi connectivity index (χ3n) is 4.15. The van der Waals surface area contributed by atoms with E-state index in [0.717, 1.165) is 22.2 Å². The summed E-state index contributed by atoms with van der Waals surface area (Å²) in [6, 6.07) is 19.2. The van der Waals surface area contributed by atoms with Crippen molar-refractivity contribution in [2.75, 3.05) is 5.32 Å². The number of amides is 1. The highest BCUT2D eigenvalue weighted by molar-refractivity contribution is 6.31. The molecule has 0 aliphatic rings. The van der Waals surface area contributed by atoms with Gasteiger partial charge in [0.2, 0.25) is 0 Å². The van der Waals surface area contributed by atoms with Crippen LogP contribution < -0.4 is 5.32 Å². The smallest absolute Gasteiger partial charge is 0.273 e. The van der Waals surface area contributed by atoms with Gasteiger partial charge in [0.15, 0.2) is 0 Å². The molecule has 2 aromatic carbocycles. The number of carbonyl (C=O) groups excluding carboxylic acids is 1. The Bertz CT molecular complexity index is 1080. The number of anilines is 1. The van der Waals surface area contributed by atoms with Crippen molar-refractivity contribution < 1.29 is 4.79 Å². The summed E-state index contributed by atoms with van der Waals surface area (Å²) >= 11 is 6.01. The van der Waals surface area contributed by atoms with Crippen LogP contribution in [-0.2, 0) is 6.54 Å².